The molecule has 52 heavy (non-hydrogen) atoms. The lowest BCUT2D eigenvalue weighted by atomic mass is 10.0. The highest BCUT2D eigenvalue weighted by Gasteiger charge is 2.51. The van der Waals surface area contributed by atoms with Crippen LogP contribution >= 0.6 is 24.4 Å². The molecule has 0 radical (unpaired) electrons. The normalized spacial score (nSPS) is 12.9. The second-order valence-electron chi connectivity index (χ2n) is 12.8. The van der Waals surface area contributed by atoms with Crippen molar-refractivity contribution in [1.82, 2.24) is 0 Å². The van der Waals surface area contributed by atoms with E-state index in [-0.39, 0.29) is 33.6 Å². The number of amides is 1. The van der Waals surface area contributed by atoms with Gasteiger partial charge in [-0.2, -0.15) is 4.99 Å². The van der Waals surface area contributed by atoms with Gasteiger partial charge in [-0.25, -0.2) is 25.0 Å². The van der Waals surface area contributed by atoms with Crippen LogP contribution in [0, 0.1) is 59.0 Å². The number of halogens is 2. The minimum absolute atomic E-state index is 0.0765. The summed E-state index contributed by atoms with van der Waals surface area (Å²) in [6, 6.07) is 21.6. The van der Waals surface area contributed by atoms with Gasteiger partial charge >= 0.3 is 0 Å². The summed E-state index contributed by atoms with van der Waals surface area (Å²) in [4.78, 5) is 29.5. The summed E-state index contributed by atoms with van der Waals surface area (Å²) in [5, 5.41) is 5.44. The number of nitrogens with zero attached hydrogens (tertiary/aromatic N) is 6. The highest BCUT2D eigenvalue weighted by Crippen LogP contribution is 2.39. The number of hydrogen-bond donors (Lipinski definition) is 1. The monoisotopic (exact) mass is 733 g/mol. The van der Waals surface area contributed by atoms with E-state index < -0.39 is 22.8 Å². The SMILES string of the molecule is [C-]#[N+]C(C)(C)Nc1ccc(C)cc1.[C-]#[N+]c1ccc(N2C(=O)C(C)(C)N(c3ccc(C)cc3)C2=S)c(F)c1C.[C-]#[N+]c1ccc(N=C=S)c(F)c1C. The van der Waals surface area contributed by atoms with Gasteiger partial charge in [-0.05, 0) is 114 Å². The fourth-order valence-electron chi connectivity index (χ4n) is 5.02. The Morgan fingerprint density at radius 3 is 1.81 bits per heavy atom. The first-order chi connectivity index (χ1) is 24.4. The number of thiocarbonyl (C=S) groups is 2. The number of rotatable bonds is 5. The van der Waals surface area contributed by atoms with Gasteiger partial charge in [-0.15, -0.1) is 0 Å². The van der Waals surface area contributed by atoms with E-state index >= 15 is 0 Å². The summed E-state index contributed by atoms with van der Waals surface area (Å²) < 4.78 is 28.2. The molecule has 1 N–H and O–H groups in total. The lowest BCUT2D eigenvalue weighted by molar-refractivity contribution is -0.120. The standard InChI is InChI=1S/C20H18FN3OS.C11H14N2.C9H5FN2S/c1-12-6-8-14(9-7-12)24-19(26)23(18(25)20(24,3)4)16-11-10-15(22-5)13(2)17(16)21;1-9-5-7-10(8-6-9)13-11(2,3)12-4;1-6-7(11-2)3-4-8(9(6)10)12-5-13/h6-11H,1-4H3;5-8,13H,1-3H3;3-4H,1H3. The number of nitrogens with one attached hydrogen (secondary N) is 1. The average molecular weight is 734 g/mol. The zero-order chi connectivity index (χ0) is 39.0. The predicted octanol–water partition coefficient (Wildman–Crippen LogP) is 11.4. The summed E-state index contributed by atoms with van der Waals surface area (Å²) in [7, 11) is 0. The lowest BCUT2D eigenvalue weighted by Crippen LogP contribution is -2.44. The smallest absolute Gasteiger partial charge is 0.299 e. The minimum atomic E-state index is -0.953. The van der Waals surface area contributed by atoms with Crippen molar-refractivity contribution in [3.05, 3.63) is 141 Å². The highest BCUT2D eigenvalue weighted by molar-refractivity contribution is 7.81. The van der Waals surface area contributed by atoms with Crippen molar-refractivity contribution < 1.29 is 13.6 Å². The van der Waals surface area contributed by atoms with Crippen LogP contribution in [0.3, 0.4) is 0 Å². The van der Waals surface area contributed by atoms with E-state index in [0.717, 1.165) is 16.9 Å². The number of isothiocyanates is 1. The first-order valence-electron chi connectivity index (χ1n) is 15.8. The maximum Gasteiger partial charge on any atom is 0.299 e. The van der Waals surface area contributed by atoms with Gasteiger partial charge in [0.05, 0.1) is 24.0 Å². The molecule has 1 aliphatic heterocycles. The molecule has 0 aliphatic carbocycles. The number of anilines is 3. The molecule has 5 rings (SSSR count). The zero-order valence-electron chi connectivity index (χ0n) is 30.1. The van der Waals surface area contributed by atoms with Crippen molar-refractivity contribution in [2.24, 2.45) is 4.99 Å². The third kappa shape index (κ3) is 9.09. The van der Waals surface area contributed by atoms with Crippen LogP contribution in [0.2, 0.25) is 0 Å². The topological polar surface area (TPSA) is 61.0 Å². The Kier molecular flexibility index (Phi) is 13.2. The van der Waals surface area contributed by atoms with Gasteiger partial charge in [0.2, 0.25) is 0 Å². The largest absolute Gasteiger partial charge is 0.315 e. The number of benzene rings is 4. The second-order valence-corrected chi connectivity index (χ2v) is 13.4. The van der Waals surface area contributed by atoms with Crippen LogP contribution in [0.15, 0.2) is 77.8 Å². The molecule has 1 fully saturated rings. The Morgan fingerprint density at radius 1 is 0.808 bits per heavy atom. The molecule has 0 unspecified atom stereocenters. The van der Waals surface area contributed by atoms with E-state index in [1.807, 2.05) is 76.2 Å². The lowest BCUT2D eigenvalue weighted by Gasteiger charge is -2.29. The van der Waals surface area contributed by atoms with Gasteiger partial charge in [-0.1, -0.05) is 47.5 Å². The molecular formula is C40H37F2N7OS2. The summed E-state index contributed by atoms with van der Waals surface area (Å²) in [6.45, 7) is 35.1. The minimum Gasteiger partial charge on any atom is -0.315 e. The van der Waals surface area contributed by atoms with Crippen LogP contribution in [0.4, 0.5) is 42.9 Å². The summed E-state index contributed by atoms with van der Waals surface area (Å²) in [5.41, 5.74) is 3.83. The van der Waals surface area contributed by atoms with Crippen LogP contribution in [0.1, 0.15) is 49.9 Å². The van der Waals surface area contributed by atoms with Gasteiger partial charge in [-0.3, -0.25) is 14.5 Å². The number of aryl methyl sites for hydroxylation is 2. The second kappa shape index (κ2) is 16.9. The van der Waals surface area contributed by atoms with Gasteiger partial charge in [0, 0.05) is 25.2 Å². The molecule has 1 heterocycles. The summed E-state index contributed by atoms with van der Waals surface area (Å²) in [5.74, 6) is -1.42. The third-order valence-corrected chi connectivity index (χ3v) is 8.52. The van der Waals surface area contributed by atoms with Crippen LogP contribution < -0.4 is 15.1 Å². The predicted molar refractivity (Wildman–Crippen MR) is 213 cm³/mol. The Labute approximate surface area is 314 Å². The van der Waals surface area contributed by atoms with Gasteiger partial charge in [0.1, 0.15) is 22.9 Å². The summed E-state index contributed by atoms with van der Waals surface area (Å²) in [6.07, 6.45) is 0. The molecule has 1 amide bonds. The van der Waals surface area contributed by atoms with Crippen molar-refractivity contribution in [3.63, 3.8) is 0 Å². The van der Waals surface area contributed by atoms with E-state index in [1.165, 1.54) is 48.6 Å². The first kappa shape index (κ1) is 40.6. The molecule has 12 heteroatoms. The number of carbonyl (C=O) groups is 1. The Hall–Kier alpha value is -5.83. The highest BCUT2D eigenvalue weighted by atomic mass is 32.1. The van der Waals surface area contributed by atoms with E-state index in [1.54, 1.807) is 18.7 Å². The molecule has 1 aliphatic rings. The quantitative estimate of drug-likeness (QED) is 0.126. The average Bonchev–Trinajstić information content (AvgIpc) is 3.29. The molecule has 4 aromatic rings. The maximum absolute atomic E-state index is 14.9. The Balaban J connectivity index is 0.000000235. The summed E-state index contributed by atoms with van der Waals surface area (Å²) >= 11 is 9.91. The number of carbonyl (C=O) groups excluding carboxylic acids is 1. The molecule has 8 nitrogen and oxygen atoms in total. The van der Waals surface area contributed by atoms with E-state index in [4.69, 9.17) is 31.9 Å². The molecule has 0 saturated carbocycles. The molecule has 0 aromatic heterocycles. The molecular weight excluding hydrogens is 697 g/mol. The fraction of sp³-hybridized carbons (Fsp3) is 0.250. The van der Waals surface area contributed by atoms with E-state index in [9.17, 15) is 13.6 Å². The van der Waals surface area contributed by atoms with Crippen molar-refractivity contribution in [3.8, 4) is 0 Å². The van der Waals surface area contributed by atoms with Crippen molar-refractivity contribution >= 4 is 74.7 Å². The van der Waals surface area contributed by atoms with Crippen molar-refractivity contribution in [2.45, 2.75) is 66.6 Å². The Morgan fingerprint density at radius 2 is 1.31 bits per heavy atom. The third-order valence-electron chi connectivity index (χ3n) is 8.06. The molecule has 264 valence electrons. The fourth-order valence-corrected chi connectivity index (χ4v) is 5.64. The first-order valence-corrected chi connectivity index (χ1v) is 16.7. The molecule has 0 bridgehead atoms. The van der Waals surface area contributed by atoms with Crippen molar-refractivity contribution in [1.29, 1.82) is 0 Å². The molecule has 0 spiro atoms. The van der Waals surface area contributed by atoms with Gasteiger partial charge in [0.15, 0.2) is 16.5 Å². The number of aliphatic imine (C=N–C) groups is 1. The van der Waals surface area contributed by atoms with E-state index in [0.29, 0.717) is 11.3 Å². The Bertz CT molecular complexity index is 2170. The number of hydrogen-bond acceptors (Lipinski definition) is 5. The van der Waals surface area contributed by atoms with Crippen LogP contribution in [0.25, 0.3) is 14.5 Å². The van der Waals surface area contributed by atoms with E-state index in [2.05, 4.69) is 42.2 Å². The maximum atomic E-state index is 14.9. The van der Waals surface area contributed by atoms with Crippen molar-refractivity contribution in [2.75, 3.05) is 15.1 Å². The van der Waals surface area contributed by atoms with Gasteiger partial charge < -0.3 is 10.2 Å². The van der Waals surface area contributed by atoms with Crippen LogP contribution in [-0.2, 0) is 4.79 Å². The van der Waals surface area contributed by atoms with Crippen LogP contribution in [0.5, 0.6) is 0 Å². The molecule has 1 saturated heterocycles. The van der Waals surface area contributed by atoms with Crippen LogP contribution in [-0.4, -0.2) is 27.4 Å². The zero-order valence-corrected chi connectivity index (χ0v) is 31.7. The molecule has 4 aromatic carbocycles. The van der Waals surface area contributed by atoms with Gasteiger partial charge in [0.25, 0.3) is 11.6 Å². The molecule has 0 atom stereocenters.